The van der Waals surface area contributed by atoms with Gasteiger partial charge in [-0.3, -0.25) is 14.9 Å². The predicted molar refractivity (Wildman–Crippen MR) is 135 cm³/mol. The molecule has 7 heteroatoms. The molecule has 0 radical (unpaired) electrons. The molecule has 2 aliphatic rings. The number of benzene rings is 3. The first-order valence-electron chi connectivity index (χ1n) is 11.1. The Kier molecular flexibility index (Phi) is 6.02. The number of fused-ring (bicyclic) bond motifs is 1. The highest BCUT2D eigenvalue weighted by Gasteiger charge is 2.36. The van der Waals surface area contributed by atoms with Crippen molar-refractivity contribution >= 4 is 51.2 Å². The van der Waals surface area contributed by atoms with Crippen LogP contribution in [0.25, 0.3) is 6.08 Å². The van der Waals surface area contributed by atoms with Crippen molar-refractivity contribution in [2.24, 2.45) is 0 Å². The van der Waals surface area contributed by atoms with Gasteiger partial charge in [0.1, 0.15) is 5.57 Å². The fourth-order valence-electron chi connectivity index (χ4n) is 4.40. The Morgan fingerprint density at radius 1 is 0.941 bits per heavy atom. The van der Waals surface area contributed by atoms with Crippen LogP contribution in [0.5, 0.6) is 0 Å². The van der Waals surface area contributed by atoms with Gasteiger partial charge in [0.2, 0.25) is 0 Å². The Morgan fingerprint density at radius 3 is 2.47 bits per heavy atom. The van der Waals surface area contributed by atoms with Crippen LogP contribution in [0.4, 0.5) is 16.2 Å². The number of aryl methyl sites for hydroxylation is 1. The maximum absolute atomic E-state index is 13.1. The second kappa shape index (κ2) is 9.27. The summed E-state index contributed by atoms with van der Waals surface area (Å²) in [7, 11) is 0. The van der Waals surface area contributed by atoms with Crippen LogP contribution in [0.3, 0.4) is 0 Å². The van der Waals surface area contributed by atoms with Crippen molar-refractivity contribution in [3.05, 3.63) is 99.5 Å². The van der Waals surface area contributed by atoms with Gasteiger partial charge in [-0.1, -0.05) is 52.3 Å². The molecule has 0 aliphatic carbocycles. The molecule has 170 valence electrons. The molecule has 0 bridgehead atoms. The Bertz CT molecular complexity index is 1300. The summed E-state index contributed by atoms with van der Waals surface area (Å²) in [6, 6.07) is 22.4. The molecule has 2 aliphatic heterocycles. The van der Waals surface area contributed by atoms with Crippen LogP contribution in [0.2, 0.25) is 0 Å². The van der Waals surface area contributed by atoms with Crippen molar-refractivity contribution in [3.63, 3.8) is 0 Å². The van der Waals surface area contributed by atoms with Crippen molar-refractivity contribution in [1.29, 1.82) is 0 Å². The highest BCUT2D eigenvalue weighted by molar-refractivity contribution is 9.10. The number of barbiturate groups is 1. The van der Waals surface area contributed by atoms with Crippen molar-refractivity contribution in [2.75, 3.05) is 16.3 Å². The van der Waals surface area contributed by atoms with Crippen LogP contribution >= 0.6 is 15.9 Å². The molecule has 0 saturated carbocycles. The fourth-order valence-corrected chi connectivity index (χ4v) is 4.67. The van der Waals surface area contributed by atoms with Crippen molar-refractivity contribution in [1.82, 2.24) is 5.32 Å². The maximum atomic E-state index is 13.1. The second-order valence-electron chi connectivity index (χ2n) is 8.33. The van der Waals surface area contributed by atoms with Gasteiger partial charge in [0.05, 0.1) is 5.69 Å². The molecular formula is C27H22BrN3O3. The minimum Gasteiger partial charge on any atom is -0.367 e. The Morgan fingerprint density at radius 2 is 1.71 bits per heavy atom. The molecule has 1 saturated heterocycles. The monoisotopic (exact) mass is 515 g/mol. The van der Waals surface area contributed by atoms with Crippen LogP contribution in [0.1, 0.15) is 23.1 Å². The normalized spacial score (nSPS) is 17.1. The highest BCUT2D eigenvalue weighted by Crippen LogP contribution is 2.31. The van der Waals surface area contributed by atoms with Crippen molar-refractivity contribution < 1.29 is 14.4 Å². The third-order valence-electron chi connectivity index (χ3n) is 6.03. The van der Waals surface area contributed by atoms with Gasteiger partial charge in [-0.15, -0.1) is 0 Å². The summed E-state index contributed by atoms with van der Waals surface area (Å²) >= 11 is 3.35. The first kappa shape index (κ1) is 22.1. The molecule has 0 spiro atoms. The SMILES string of the molecule is O=C1NC(=O)N(c2ccc(Br)cc2)C(=O)/C1=C/c1ccc2c(c1)CCCN2Cc1ccccc1. The first-order chi connectivity index (χ1) is 16.5. The largest absolute Gasteiger partial charge is 0.367 e. The number of hydrogen-bond acceptors (Lipinski definition) is 4. The first-order valence-corrected chi connectivity index (χ1v) is 11.9. The molecule has 0 atom stereocenters. The third-order valence-corrected chi connectivity index (χ3v) is 6.56. The number of nitrogens with one attached hydrogen (secondary N) is 1. The van der Waals surface area contributed by atoms with Crippen LogP contribution in [0.15, 0.2) is 82.8 Å². The van der Waals surface area contributed by atoms with Gasteiger partial charge in [-0.2, -0.15) is 0 Å². The summed E-state index contributed by atoms with van der Waals surface area (Å²) in [5.41, 5.74) is 4.68. The van der Waals surface area contributed by atoms with E-state index in [-0.39, 0.29) is 5.57 Å². The van der Waals surface area contributed by atoms with Crippen LogP contribution in [0, 0.1) is 0 Å². The Labute approximate surface area is 206 Å². The Balaban J connectivity index is 1.43. The van der Waals surface area contributed by atoms with Gasteiger partial charge in [0, 0.05) is 23.2 Å². The number of anilines is 2. The smallest absolute Gasteiger partial charge is 0.335 e. The van der Waals surface area contributed by atoms with Crippen LogP contribution < -0.4 is 15.1 Å². The van der Waals surface area contributed by atoms with Crippen LogP contribution in [-0.4, -0.2) is 24.4 Å². The van der Waals surface area contributed by atoms with Crippen molar-refractivity contribution in [3.8, 4) is 0 Å². The standard InChI is InChI=1S/C27H22BrN3O3/c28-21-9-11-22(12-10-21)31-26(33)23(25(32)29-27(31)34)16-19-8-13-24-20(15-19)7-4-14-30(24)17-18-5-2-1-3-6-18/h1-3,5-6,8-13,15-16H,4,7,14,17H2,(H,29,32,34)/b23-16+. The summed E-state index contributed by atoms with van der Waals surface area (Å²) in [5, 5.41) is 2.28. The third kappa shape index (κ3) is 4.39. The summed E-state index contributed by atoms with van der Waals surface area (Å²) < 4.78 is 0.823. The van der Waals surface area contributed by atoms with E-state index < -0.39 is 17.8 Å². The zero-order valence-corrected chi connectivity index (χ0v) is 19.9. The molecule has 3 aromatic rings. The summed E-state index contributed by atoms with van der Waals surface area (Å²) in [6.07, 6.45) is 3.53. The number of imide groups is 2. The molecule has 6 nitrogen and oxygen atoms in total. The Hall–Kier alpha value is -3.71. The maximum Gasteiger partial charge on any atom is 0.335 e. The fraction of sp³-hybridized carbons (Fsp3) is 0.148. The predicted octanol–water partition coefficient (Wildman–Crippen LogP) is 5.07. The molecule has 34 heavy (non-hydrogen) atoms. The number of urea groups is 1. The lowest BCUT2D eigenvalue weighted by Gasteiger charge is -2.32. The lowest BCUT2D eigenvalue weighted by Crippen LogP contribution is -2.54. The number of nitrogens with zero attached hydrogens (tertiary/aromatic N) is 2. The van der Waals surface area contributed by atoms with E-state index in [4.69, 9.17) is 0 Å². The summed E-state index contributed by atoms with van der Waals surface area (Å²) in [4.78, 5) is 41.4. The number of hydrogen-bond donors (Lipinski definition) is 1. The van der Waals surface area contributed by atoms with E-state index in [0.717, 1.165) is 40.9 Å². The highest BCUT2D eigenvalue weighted by atomic mass is 79.9. The molecule has 4 amide bonds. The van der Waals surface area contributed by atoms with E-state index >= 15 is 0 Å². The van der Waals surface area contributed by atoms with E-state index in [9.17, 15) is 14.4 Å². The van der Waals surface area contributed by atoms with Gasteiger partial charge in [-0.05, 0) is 72.0 Å². The number of halogens is 1. The van der Waals surface area contributed by atoms with Crippen molar-refractivity contribution in [2.45, 2.75) is 19.4 Å². The topological polar surface area (TPSA) is 69.7 Å². The lowest BCUT2D eigenvalue weighted by atomic mass is 9.97. The minimum absolute atomic E-state index is 0.0700. The summed E-state index contributed by atoms with van der Waals surface area (Å²) in [5.74, 6) is -1.33. The van der Waals surface area contributed by atoms with E-state index in [1.807, 2.05) is 36.4 Å². The van der Waals surface area contributed by atoms with E-state index in [0.29, 0.717) is 5.69 Å². The van der Waals surface area contributed by atoms with E-state index in [1.165, 1.54) is 16.8 Å². The lowest BCUT2D eigenvalue weighted by molar-refractivity contribution is -0.122. The molecule has 1 fully saturated rings. The zero-order chi connectivity index (χ0) is 23.7. The molecule has 5 rings (SSSR count). The molecule has 2 heterocycles. The number of carbonyl (C=O) groups is 3. The van der Waals surface area contributed by atoms with Crippen LogP contribution in [-0.2, 0) is 22.6 Å². The molecule has 0 aromatic heterocycles. The van der Waals surface area contributed by atoms with Gasteiger partial charge in [0.25, 0.3) is 11.8 Å². The quantitative estimate of drug-likeness (QED) is 0.389. The second-order valence-corrected chi connectivity index (χ2v) is 9.25. The van der Waals surface area contributed by atoms with E-state index in [2.05, 4.69) is 38.3 Å². The molecule has 1 N–H and O–H groups in total. The van der Waals surface area contributed by atoms with Gasteiger partial charge < -0.3 is 4.90 Å². The van der Waals surface area contributed by atoms with Gasteiger partial charge in [-0.25, -0.2) is 9.69 Å². The van der Waals surface area contributed by atoms with Gasteiger partial charge >= 0.3 is 6.03 Å². The minimum atomic E-state index is -0.753. The average molecular weight is 516 g/mol. The molecule has 0 unspecified atom stereocenters. The molecular weight excluding hydrogens is 494 g/mol. The number of carbonyl (C=O) groups excluding carboxylic acids is 3. The summed E-state index contributed by atoms with van der Waals surface area (Å²) in [6.45, 7) is 1.81. The van der Waals surface area contributed by atoms with Gasteiger partial charge in [0.15, 0.2) is 0 Å². The zero-order valence-electron chi connectivity index (χ0n) is 18.3. The molecule has 3 aromatic carbocycles. The number of amides is 4. The number of rotatable bonds is 4. The van der Waals surface area contributed by atoms with E-state index in [1.54, 1.807) is 30.3 Å². The average Bonchev–Trinajstić information content (AvgIpc) is 2.83.